The summed E-state index contributed by atoms with van der Waals surface area (Å²) in [5.74, 6) is 1.35. The van der Waals surface area contributed by atoms with Crippen LogP contribution in [-0.4, -0.2) is 20.8 Å². The molecule has 7 nitrogen and oxygen atoms in total. The first-order valence-corrected chi connectivity index (χ1v) is 10.4. The van der Waals surface area contributed by atoms with E-state index in [2.05, 4.69) is 40.7 Å². The Labute approximate surface area is 187 Å². The highest BCUT2D eigenvalue weighted by Gasteiger charge is 2.21. The van der Waals surface area contributed by atoms with Crippen molar-refractivity contribution in [1.82, 2.24) is 14.9 Å². The van der Waals surface area contributed by atoms with Gasteiger partial charge in [0, 0.05) is 11.8 Å². The van der Waals surface area contributed by atoms with E-state index in [0.717, 1.165) is 22.6 Å². The van der Waals surface area contributed by atoms with E-state index in [1.807, 2.05) is 54.9 Å². The van der Waals surface area contributed by atoms with E-state index in [1.165, 1.54) is 5.56 Å². The van der Waals surface area contributed by atoms with Gasteiger partial charge in [-0.1, -0.05) is 47.1 Å². The Balaban J connectivity index is 1.46. The molecule has 164 valence electrons. The fourth-order valence-electron chi connectivity index (χ4n) is 3.49. The zero-order valence-corrected chi connectivity index (χ0v) is 18.7. The Morgan fingerprint density at radius 2 is 1.78 bits per heavy atom. The SMILES string of the molecule is Cc1cccc(Cn2nc(NC(=O)c3noc(C)c3COc3cccc(C)c3)cc2C)c1. The second-order valence-electron chi connectivity index (χ2n) is 7.94. The van der Waals surface area contributed by atoms with E-state index in [9.17, 15) is 4.79 Å². The van der Waals surface area contributed by atoms with Crippen molar-refractivity contribution in [3.05, 3.63) is 94.0 Å². The van der Waals surface area contributed by atoms with E-state index in [4.69, 9.17) is 9.26 Å². The molecule has 0 unspecified atom stereocenters. The van der Waals surface area contributed by atoms with Crippen LogP contribution in [0.1, 0.15) is 44.2 Å². The summed E-state index contributed by atoms with van der Waals surface area (Å²) in [5.41, 5.74) is 5.20. The molecule has 0 saturated carbocycles. The zero-order valence-electron chi connectivity index (χ0n) is 18.7. The van der Waals surface area contributed by atoms with Gasteiger partial charge in [0.1, 0.15) is 18.1 Å². The number of aromatic nitrogens is 3. The number of carbonyl (C=O) groups is 1. The van der Waals surface area contributed by atoms with Crippen LogP contribution in [0, 0.1) is 27.7 Å². The van der Waals surface area contributed by atoms with Gasteiger partial charge in [-0.25, -0.2) is 0 Å². The molecule has 1 amide bonds. The van der Waals surface area contributed by atoms with Gasteiger partial charge in [0.25, 0.3) is 5.91 Å². The zero-order chi connectivity index (χ0) is 22.7. The van der Waals surface area contributed by atoms with Gasteiger partial charge < -0.3 is 14.6 Å². The Kier molecular flexibility index (Phi) is 6.07. The molecule has 2 aromatic carbocycles. The lowest BCUT2D eigenvalue weighted by molar-refractivity contribution is 0.101. The molecule has 32 heavy (non-hydrogen) atoms. The molecule has 0 atom stereocenters. The largest absolute Gasteiger partial charge is 0.489 e. The van der Waals surface area contributed by atoms with Crippen molar-refractivity contribution in [2.24, 2.45) is 0 Å². The molecule has 0 aliphatic heterocycles. The highest BCUT2D eigenvalue weighted by molar-refractivity contribution is 6.03. The van der Waals surface area contributed by atoms with Crippen LogP contribution >= 0.6 is 0 Å². The van der Waals surface area contributed by atoms with Crippen molar-refractivity contribution in [3.63, 3.8) is 0 Å². The van der Waals surface area contributed by atoms with Crippen molar-refractivity contribution < 1.29 is 14.1 Å². The van der Waals surface area contributed by atoms with Crippen LogP contribution in [0.5, 0.6) is 5.75 Å². The minimum absolute atomic E-state index is 0.183. The molecule has 0 radical (unpaired) electrons. The number of carbonyl (C=O) groups excluding carboxylic acids is 1. The molecule has 4 aromatic rings. The van der Waals surface area contributed by atoms with Crippen molar-refractivity contribution in [3.8, 4) is 5.75 Å². The number of benzene rings is 2. The smallest absolute Gasteiger partial charge is 0.279 e. The minimum Gasteiger partial charge on any atom is -0.489 e. The maximum absolute atomic E-state index is 12.9. The molecule has 1 N–H and O–H groups in total. The lowest BCUT2D eigenvalue weighted by Crippen LogP contribution is -2.16. The number of nitrogens with one attached hydrogen (secondary N) is 1. The van der Waals surface area contributed by atoms with Gasteiger partial charge in [-0.2, -0.15) is 5.10 Å². The Morgan fingerprint density at radius 1 is 1.03 bits per heavy atom. The molecule has 0 spiro atoms. The molecule has 0 saturated heterocycles. The number of hydrogen-bond acceptors (Lipinski definition) is 5. The average molecular weight is 431 g/mol. The molecule has 0 fully saturated rings. The standard InChI is InChI=1S/C25H26N4O3/c1-16-7-5-9-20(11-16)14-29-18(3)13-23(27-29)26-25(30)24-22(19(4)32-28-24)15-31-21-10-6-8-17(2)12-21/h5-13H,14-15H2,1-4H3,(H,26,27,30). The van der Waals surface area contributed by atoms with Crippen molar-refractivity contribution in [2.75, 3.05) is 5.32 Å². The maximum Gasteiger partial charge on any atom is 0.279 e. The lowest BCUT2D eigenvalue weighted by atomic mass is 10.1. The number of hydrogen-bond donors (Lipinski definition) is 1. The summed E-state index contributed by atoms with van der Waals surface area (Å²) in [6.07, 6.45) is 0. The Bertz CT molecular complexity index is 1260. The first kappa shape index (κ1) is 21.4. The van der Waals surface area contributed by atoms with Crippen LogP contribution in [0.4, 0.5) is 5.82 Å². The third kappa shape index (κ3) is 4.88. The van der Waals surface area contributed by atoms with Crippen LogP contribution in [0.15, 0.2) is 59.1 Å². The van der Waals surface area contributed by atoms with E-state index in [1.54, 1.807) is 6.92 Å². The maximum atomic E-state index is 12.9. The van der Waals surface area contributed by atoms with E-state index >= 15 is 0 Å². The predicted molar refractivity (Wildman–Crippen MR) is 122 cm³/mol. The highest BCUT2D eigenvalue weighted by Crippen LogP contribution is 2.20. The molecule has 0 bridgehead atoms. The number of aryl methyl sites for hydroxylation is 4. The molecule has 0 aliphatic rings. The van der Waals surface area contributed by atoms with Gasteiger partial charge in [-0.15, -0.1) is 0 Å². The quantitative estimate of drug-likeness (QED) is 0.447. The number of anilines is 1. The first-order valence-electron chi connectivity index (χ1n) is 10.4. The topological polar surface area (TPSA) is 82.2 Å². The molecule has 2 heterocycles. The summed E-state index contributed by atoms with van der Waals surface area (Å²) in [7, 11) is 0. The van der Waals surface area contributed by atoms with Gasteiger partial charge >= 0.3 is 0 Å². The van der Waals surface area contributed by atoms with Gasteiger partial charge in [-0.3, -0.25) is 9.48 Å². The summed E-state index contributed by atoms with van der Waals surface area (Å²) < 4.78 is 13.0. The second-order valence-corrected chi connectivity index (χ2v) is 7.94. The molecular weight excluding hydrogens is 404 g/mol. The number of nitrogens with zero attached hydrogens (tertiary/aromatic N) is 3. The molecular formula is C25H26N4O3. The van der Waals surface area contributed by atoms with Crippen LogP contribution in [0.3, 0.4) is 0 Å². The van der Waals surface area contributed by atoms with Crippen LogP contribution in [0.25, 0.3) is 0 Å². The van der Waals surface area contributed by atoms with Crippen molar-refractivity contribution >= 4 is 11.7 Å². The van der Waals surface area contributed by atoms with Gasteiger partial charge in [0.05, 0.1) is 12.1 Å². The predicted octanol–water partition coefficient (Wildman–Crippen LogP) is 4.98. The fourth-order valence-corrected chi connectivity index (χ4v) is 3.49. The second kappa shape index (κ2) is 9.09. The normalized spacial score (nSPS) is 10.9. The third-order valence-electron chi connectivity index (χ3n) is 5.21. The summed E-state index contributed by atoms with van der Waals surface area (Å²) in [5, 5.41) is 11.3. The average Bonchev–Trinajstić information content (AvgIpc) is 3.28. The number of ether oxygens (including phenoxy) is 1. The molecule has 0 aliphatic carbocycles. The van der Waals surface area contributed by atoms with E-state index in [-0.39, 0.29) is 18.2 Å². The van der Waals surface area contributed by atoms with Crippen LogP contribution in [-0.2, 0) is 13.2 Å². The number of rotatable bonds is 7. The Hall–Kier alpha value is -3.87. The van der Waals surface area contributed by atoms with Gasteiger partial charge in [-0.05, 0) is 51.0 Å². The molecule has 4 rings (SSSR count). The monoisotopic (exact) mass is 430 g/mol. The third-order valence-corrected chi connectivity index (χ3v) is 5.21. The van der Waals surface area contributed by atoms with Gasteiger partial charge in [0.2, 0.25) is 0 Å². The Morgan fingerprint density at radius 3 is 2.53 bits per heavy atom. The molecule has 7 heteroatoms. The minimum atomic E-state index is -0.384. The lowest BCUT2D eigenvalue weighted by Gasteiger charge is -2.07. The molecule has 2 aromatic heterocycles. The van der Waals surface area contributed by atoms with Crippen molar-refractivity contribution in [1.29, 1.82) is 0 Å². The first-order chi connectivity index (χ1) is 15.4. The summed E-state index contributed by atoms with van der Waals surface area (Å²) in [4.78, 5) is 12.9. The van der Waals surface area contributed by atoms with E-state index in [0.29, 0.717) is 23.7 Å². The van der Waals surface area contributed by atoms with Gasteiger partial charge in [0.15, 0.2) is 11.5 Å². The fraction of sp³-hybridized carbons (Fsp3) is 0.240. The van der Waals surface area contributed by atoms with Crippen LogP contribution < -0.4 is 10.1 Å². The van der Waals surface area contributed by atoms with Crippen molar-refractivity contribution in [2.45, 2.75) is 40.8 Å². The number of amides is 1. The van der Waals surface area contributed by atoms with E-state index < -0.39 is 0 Å². The summed E-state index contributed by atoms with van der Waals surface area (Å²) >= 11 is 0. The van der Waals surface area contributed by atoms with Crippen LogP contribution in [0.2, 0.25) is 0 Å². The highest BCUT2D eigenvalue weighted by atomic mass is 16.5. The summed E-state index contributed by atoms with van der Waals surface area (Å²) in [6, 6.07) is 17.8. The summed E-state index contributed by atoms with van der Waals surface area (Å²) in [6.45, 7) is 8.59.